The van der Waals surface area contributed by atoms with Crippen LogP contribution < -0.4 is 11.2 Å². The molecule has 0 fully saturated rings. The first kappa shape index (κ1) is 9.31. The van der Waals surface area contributed by atoms with Gasteiger partial charge in [-0.05, 0) is 0 Å². The lowest BCUT2D eigenvalue weighted by Gasteiger charge is -2.02. The van der Waals surface area contributed by atoms with E-state index in [4.69, 9.17) is 4.74 Å². The lowest BCUT2D eigenvalue weighted by molar-refractivity contribution is 0.233. The summed E-state index contributed by atoms with van der Waals surface area (Å²) < 4.78 is 5.86. The van der Waals surface area contributed by atoms with E-state index in [1.54, 1.807) is 0 Å². The van der Waals surface area contributed by atoms with Gasteiger partial charge in [-0.25, -0.2) is 4.79 Å². The SMILES string of the molecule is C=COCCn1c(=O)cc[nH]c1=O. The van der Waals surface area contributed by atoms with Crippen LogP contribution in [0.5, 0.6) is 0 Å². The van der Waals surface area contributed by atoms with Crippen molar-refractivity contribution in [2.24, 2.45) is 0 Å². The van der Waals surface area contributed by atoms with E-state index in [9.17, 15) is 9.59 Å². The summed E-state index contributed by atoms with van der Waals surface area (Å²) in [7, 11) is 0. The third kappa shape index (κ3) is 2.33. The van der Waals surface area contributed by atoms with Gasteiger partial charge in [0.05, 0.1) is 12.8 Å². The quantitative estimate of drug-likeness (QED) is 0.513. The van der Waals surface area contributed by atoms with Crippen molar-refractivity contribution >= 4 is 0 Å². The molecule has 1 aromatic heterocycles. The Morgan fingerprint density at radius 2 is 2.38 bits per heavy atom. The van der Waals surface area contributed by atoms with Crippen LogP contribution in [0.1, 0.15) is 0 Å². The van der Waals surface area contributed by atoms with Gasteiger partial charge in [-0.1, -0.05) is 6.58 Å². The second-order valence-corrected chi connectivity index (χ2v) is 2.31. The van der Waals surface area contributed by atoms with Crippen LogP contribution in [-0.2, 0) is 11.3 Å². The zero-order valence-corrected chi connectivity index (χ0v) is 7.03. The van der Waals surface area contributed by atoms with E-state index in [2.05, 4.69) is 11.6 Å². The van der Waals surface area contributed by atoms with E-state index in [0.717, 1.165) is 4.57 Å². The van der Waals surface area contributed by atoms with Gasteiger partial charge in [-0.3, -0.25) is 9.36 Å². The summed E-state index contributed by atoms with van der Waals surface area (Å²) in [6.45, 7) is 3.82. The van der Waals surface area contributed by atoms with Gasteiger partial charge in [0, 0.05) is 12.3 Å². The number of rotatable bonds is 4. The van der Waals surface area contributed by atoms with Crippen molar-refractivity contribution in [2.45, 2.75) is 6.54 Å². The second kappa shape index (κ2) is 4.30. The van der Waals surface area contributed by atoms with Crippen LogP contribution in [0, 0.1) is 0 Å². The molecule has 1 N–H and O–H groups in total. The Bertz CT molecular complexity index is 363. The Hall–Kier alpha value is -1.78. The number of ether oxygens (including phenoxy) is 1. The van der Waals surface area contributed by atoms with Crippen LogP contribution in [0.15, 0.2) is 34.7 Å². The summed E-state index contributed by atoms with van der Waals surface area (Å²) in [6.07, 6.45) is 2.58. The lowest BCUT2D eigenvalue weighted by Crippen LogP contribution is -2.34. The Labute approximate surface area is 74.3 Å². The highest BCUT2D eigenvalue weighted by molar-refractivity contribution is 4.82. The van der Waals surface area contributed by atoms with Crippen molar-refractivity contribution in [2.75, 3.05) is 6.61 Å². The van der Waals surface area contributed by atoms with E-state index >= 15 is 0 Å². The zero-order chi connectivity index (χ0) is 9.68. The fourth-order valence-corrected chi connectivity index (χ4v) is 0.891. The fraction of sp³-hybridized carbons (Fsp3) is 0.250. The molecule has 0 aliphatic heterocycles. The molecule has 0 bridgehead atoms. The molecule has 1 heterocycles. The maximum Gasteiger partial charge on any atom is 0.328 e. The molecule has 1 aromatic rings. The van der Waals surface area contributed by atoms with Crippen LogP contribution in [-0.4, -0.2) is 16.2 Å². The number of aromatic nitrogens is 2. The molecule has 0 atom stereocenters. The van der Waals surface area contributed by atoms with E-state index in [1.807, 2.05) is 0 Å². The van der Waals surface area contributed by atoms with Gasteiger partial charge in [0.25, 0.3) is 5.56 Å². The minimum absolute atomic E-state index is 0.223. The smallest absolute Gasteiger partial charge is 0.328 e. The summed E-state index contributed by atoms with van der Waals surface area (Å²) in [5.41, 5.74) is -0.767. The number of H-pyrrole nitrogens is 1. The molecule has 0 aliphatic rings. The third-order valence-electron chi connectivity index (χ3n) is 1.49. The van der Waals surface area contributed by atoms with Gasteiger partial charge in [-0.2, -0.15) is 0 Å². The second-order valence-electron chi connectivity index (χ2n) is 2.31. The van der Waals surface area contributed by atoms with Crippen molar-refractivity contribution in [1.82, 2.24) is 9.55 Å². The first-order valence-corrected chi connectivity index (χ1v) is 3.76. The number of nitrogens with zero attached hydrogens (tertiary/aromatic N) is 1. The summed E-state index contributed by atoms with van der Waals surface area (Å²) in [4.78, 5) is 24.5. The largest absolute Gasteiger partial charge is 0.500 e. The Morgan fingerprint density at radius 1 is 1.62 bits per heavy atom. The first-order chi connectivity index (χ1) is 6.25. The summed E-state index contributed by atoms with van der Waals surface area (Å²) in [5.74, 6) is 0. The number of nitrogens with one attached hydrogen (secondary N) is 1. The third-order valence-corrected chi connectivity index (χ3v) is 1.49. The van der Waals surface area contributed by atoms with Crippen LogP contribution in [0.2, 0.25) is 0 Å². The van der Waals surface area contributed by atoms with Crippen molar-refractivity contribution in [3.05, 3.63) is 45.9 Å². The van der Waals surface area contributed by atoms with E-state index in [-0.39, 0.29) is 18.7 Å². The number of aromatic amines is 1. The van der Waals surface area contributed by atoms with E-state index in [1.165, 1.54) is 18.5 Å². The maximum atomic E-state index is 11.1. The van der Waals surface area contributed by atoms with Crippen LogP contribution in [0.25, 0.3) is 0 Å². The molecule has 5 nitrogen and oxygen atoms in total. The van der Waals surface area contributed by atoms with Gasteiger partial charge in [0.2, 0.25) is 0 Å². The predicted molar refractivity (Wildman–Crippen MR) is 47.5 cm³/mol. The molecular weight excluding hydrogens is 172 g/mol. The molecule has 0 aromatic carbocycles. The van der Waals surface area contributed by atoms with Crippen molar-refractivity contribution in [1.29, 1.82) is 0 Å². The molecule has 0 unspecified atom stereocenters. The van der Waals surface area contributed by atoms with Gasteiger partial charge in [-0.15, -0.1) is 0 Å². The molecule has 1 rings (SSSR count). The van der Waals surface area contributed by atoms with Crippen molar-refractivity contribution < 1.29 is 4.74 Å². The molecule has 0 saturated carbocycles. The molecule has 0 aliphatic carbocycles. The average Bonchev–Trinajstić information content (AvgIpc) is 2.10. The van der Waals surface area contributed by atoms with Crippen molar-refractivity contribution in [3.63, 3.8) is 0 Å². The van der Waals surface area contributed by atoms with Gasteiger partial charge < -0.3 is 9.72 Å². The zero-order valence-electron chi connectivity index (χ0n) is 7.03. The topological polar surface area (TPSA) is 64.1 Å². The summed E-state index contributed by atoms with van der Waals surface area (Å²) in [5, 5.41) is 0. The highest BCUT2D eigenvalue weighted by atomic mass is 16.5. The fourth-order valence-electron chi connectivity index (χ4n) is 0.891. The highest BCUT2D eigenvalue weighted by Gasteiger charge is 1.98. The number of hydrogen-bond acceptors (Lipinski definition) is 3. The van der Waals surface area contributed by atoms with E-state index in [0.29, 0.717) is 0 Å². The van der Waals surface area contributed by atoms with Crippen molar-refractivity contribution in [3.8, 4) is 0 Å². The monoisotopic (exact) mass is 182 g/mol. The minimum Gasteiger partial charge on any atom is -0.500 e. The van der Waals surface area contributed by atoms with Gasteiger partial charge in [0.15, 0.2) is 0 Å². The molecule has 0 radical (unpaired) electrons. The molecule has 13 heavy (non-hydrogen) atoms. The van der Waals surface area contributed by atoms with E-state index < -0.39 is 5.69 Å². The van der Waals surface area contributed by atoms with Crippen LogP contribution in [0.4, 0.5) is 0 Å². The predicted octanol–water partition coefficient (Wildman–Crippen LogP) is -0.303. The molecule has 0 amide bonds. The molecular formula is C8H10N2O3. The Kier molecular flexibility index (Phi) is 3.08. The summed E-state index contributed by atoms with van der Waals surface area (Å²) >= 11 is 0. The molecule has 5 heteroatoms. The maximum absolute atomic E-state index is 11.1. The standard InChI is InChI=1S/C8H10N2O3/c1-2-13-6-5-10-7(11)3-4-9-8(10)12/h2-4H,1,5-6H2,(H,9,12). The van der Waals surface area contributed by atoms with Gasteiger partial charge in [0.1, 0.15) is 6.61 Å². The molecule has 0 saturated heterocycles. The first-order valence-electron chi connectivity index (χ1n) is 3.76. The molecule has 70 valence electrons. The van der Waals surface area contributed by atoms with Crippen LogP contribution >= 0.6 is 0 Å². The number of hydrogen-bond donors (Lipinski definition) is 1. The average molecular weight is 182 g/mol. The lowest BCUT2D eigenvalue weighted by atomic mass is 10.6. The summed E-state index contributed by atoms with van der Waals surface area (Å²) in [6, 6.07) is 1.29. The Morgan fingerprint density at radius 3 is 3.00 bits per heavy atom. The van der Waals surface area contributed by atoms with Gasteiger partial charge >= 0.3 is 5.69 Å². The molecule has 0 spiro atoms. The Balaban J connectivity index is 2.82. The normalized spacial score (nSPS) is 9.54. The highest BCUT2D eigenvalue weighted by Crippen LogP contribution is 1.76. The minimum atomic E-state index is -0.430. The van der Waals surface area contributed by atoms with Crippen LogP contribution in [0.3, 0.4) is 0 Å².